The van der Waals surface area contributed by atoms with E-state index in [1.54, 1.807) is 0 Å². The maximum absolute atomic E-state index is 12.1. The monoisotopic (exact) mass is 298 g/mol. The molecule has 92 valence electrons. The summed E-state index contributed by atoms with van der Waals surface area (Å²) in [6.07, 6.45) is 0.561. The van der Waals surface area contributed by atoms with Gasteiger partial charge in [-0.05, 0) is 31.0 Å². The fraction of sp³-hybridized carbons (Fsp3) is 0.417. The standard InChI is InChI=1S/C12H15BrN2O2/c1-8-9(13)3-2-4-10(8)15-11(16)12(14)5-6-17-7-12/h2-4H,5-7,14H2,1H3,(H,15,16). The molecule has 1 aromatic rings. The zero-order valence-corrected chi connectivity index (χ0v) is 11.2. The topological polar surface area (TPSA) is 64.4 Å². The van der Waals surface area contributed by atoms with Crippen LogP contribution in [0.5, 0.6) is 0 Å². The Hall–Kier alpha value is -0.910. The van der Waals surface area contributed by atoms with Gasteiger partial charge in [-0.1, -0.05) is 22.0 Å². The van der Waals surface area contributed by atoms with Gasteiger partial charge in [-0.2, -0.15) is 0 Å². The summed E-state index contributed by atoms with van der Waals surface area (Å²) in [6.45, 7) is 2.77. The lowest BCUT2D eigenvalue weighted by Gasteiger charge is -2.21. The van der Waals surface area contributed by atoms with E-state index in [-0.39, 0.29) is 12.5 Å². The molecule has 3 N–H and O–H groups in total. The molecule has 1 aromatic carbocycles. The Morgan fingerprint density at radius 1 is 1.59 bits per heavy atom. The minimum atomic E-state index is -0.894. The van der Waals surface area contributed by atoms with Crippen LogP contribution >= 0.6 is 15.9 Å². The first-order valence-electron chi connectivity index (χ1n) is 5.46. The summed E-state index contributed by atoms with van der Waals surface area (Å²) in [5.74, 6) is -0.184. The van der Waals surface area contributed by atoms with E-state index in [9.17, 15) is 4.79 Å². The van der Waals surface area contributed by atoms with Gasteiger partial charge in [-0.15, -0.1) is 0 Å². The number of benzene rings is 1. The van der Waals surface area contributed by atoms with Crippen molar-refractivity contribution in [3.8, 4) is 0 Å². The van der Waals surface area contributed by atoms with Gasteiger partial charge in [0.2, 0.25) is 5.91 Å². The highest BCUT2D eigenvalue weighted by Gasteiger charge is 2.38. The van der Waals surface area contributed by atoms with Crippen molar-refractivity contribution in [1.29, 1.82) is 0 Å². The third-order valence-corrected chi connectivity index (χ3v) is 3.88. The maximum atomic E-state index is 12.1. The van der Waals surface area contributed by atoms with Crippen LogP contribution in [0.4, 0.5) is 5.69 Å². The van der Waals surface area contributed by atoms with Crippen molar-refractivity contribution in [1.82, 2.24) is 0 Å². The summed E-state index contributed by atoms with van der Waals surface area (Å²) in [5.41, 5.74) is 6.86. The third-order valence-electron chi connectivity index (χ3n) is 3.02. The fourth-order valence-electron chi connectivity index (χ4n) is 1.75. The molecule has 1 amide bonds. The number of amides is 1. The zero-order valence-electron chi connectivity index (χ0n) is 9.63. The molecule has 5 heteroatoms. The van der Waals surface area contributed by atoms with Crippen molar-refractivity contribution in [2.45, 2.75) is 18.9 Å². The molecule has 1 saturated heterocycles. The van der Waals surface area contributed by atoms with E-state index in [1.165, 1.54) is 0 Å². The van der Waals surface area contributed by atoms with Gasteiger partial charge in [-0.25, -0.2) is 0 Å². The molecule has 0 aliphatic carbocycles. The number of halogens is 1. The molecule has 0 radical (unpaired) electrons. The molecule has 2 rings (SSSR count). The van der Waals surface area contributed by atoms with E-state index in [4.69, 9.17) is 10.5 Å². The largest absolute Gasteiger partial charge is 0.379 e. The van der Waals surface area contributed by atoms with Crippen molar-refractivity contribution in [2.75, 3.05) is 18.5 Å². The van der Waals surface area contributed by atoms with Crippen molar-refractivity contribution in [3.05, 3.63) is 28.2 Å². The van der Waals surface area contributed by atoms with Gasteiger partial charge in [-0.3, -0.25) is 4.79 Å². The molecule has 0 spiro atoms. The Morgan fingerprint density at radius 2 is 2.35 bits per heavy atom. The van der Waals surface area contributed by atoms with E-state index in [0.717, 1.165) is 15.7 Å². The van der Waals surface area contributed by atoms with E-state index in [0.29, 0.717) is 13.0 Å². The lowest BCUT2D eigenvalue weighted by molar-refractivity contribution is -0.121. The molecule has 1 fully saturated rings. The molecule has 1 heterocycles. The van der Waals surface area contributed by atoms with Crippen molar-refractivity contribution < 1.29 is 9.53 Å². The average molecular weight is 299 g/mol. The maximum Gasteiger partial charge on any atom is 0.246 e. The minimum Gasteiger partial charge on any atom is -0.379 e. The molecule has 1 aliphatic rings. The summed E-state index contributed by atoms with van der Waals surface area (Å²) in [5, 5.41) is 2.86. The molecule has 4 nitrogen and oxygen atoms in total. The van der Waals surface area contributed by atoms with Crippen LogP contribution in [0.1, 0.15) is 12.0 Å². The minimum absolute atomic E-state index is 0.184. The number of nitrogens with one attached hydrogen (secondary N) is 1. The molecule has 0 saturated carbocycles. The second-order valence-electron chi connectivity index (χ2n) is 4.33. The van der Waals surface area contributed by atoms with Crippen LogP contribution < -0.4 is 11.1 Å². The van der Waals surface area contributed by atoms with E-state index < -0.39 is 5.54 Å². The number of carbonyl (C=O) groups excluding carboxylic acids is 1. The van der Waals surface area contributed by atoms with Crippen LogP contribution in [0.3, 0.4) is 0 Å². The van der Waals surface area contributed by atoms with Crippen LogP contribution in [0.25, 0.3) is 0 Å². The highest BCUT2D eigenvalue weighted by Crippen LogP contribution is 2.25. The normalized spacial score (nSPS) is 23.7. The van der Waals surface area contributed by atoms with Gasteiger partial charge in [0, 0.05) is 16.8 Å². The van der Waals surface area contributed by atoms with E-state index in [2.05, 4.69) is 21.2 Å². The Kier molecular flexibility index (Phi) is 3.51. The summed E-state index contributed by atoms with van der Waals surface area (Å²) in [7, 11) is 0. The molecule has 0 aromatic heterocycles. The molecular weight excluding hydrogens is 284 g/mol. The lowest BCUT2D eigenvalue weighted by Crippen LogP contribution is -2.51. The highest BCUT2D eigenvalue weighted by molar-refractivity contribution is 9.10. The van der Waals surface area contributed by atoms with Crippen molar-refractivity contribution in [2.24, 2.45) is 5.73 Å². The predicted molar refractivity (Wildman–Crippen MR) is 69.9 cm³/mol. The van der Waals surface area contributed by atoms with Gasteiger partial charge < -0.3 is 15.8 Å². The molecule has 1 unspecified atom stereocenters. The number of nitrogens with two attached hydrogens (primary N) is 1. The summed E-state index contributed by atoms with van der Waals surface area (Å²) in [6, 6.07) is 5.67. The van der Waals surface area contributed by atoms with Crippen molar-refractivity contribution >= 4 is 27.5 Å². The molecule has 17 heavy (non-hydrogen) atoms. The van der Waals surface area contributed by atoms with Gasteiger partial charge in [0.1, 0.15) is 5.54 Å². The number of rotatable bonds is 2. The number of hydrogen-bond acceptors (Lipinski definition) is 3. The molecular formula is C12H15BrN2O2. The highest BCUT2D eigenvalue weighted by atomic mass is 79.9. The number of ether oxygens (including phenoxy) is 1. The number of anilines is 1. The first-order valence-corrected chi connectivity index (χ1v) is 6.25. The predicted octanol–water partition coefficient (Wildman–Crippen LogP) is 1.81. The first-order chi connectivity index (χ1) is 8.03. The SMILES string of the molecule is Cc1c(Br)cccc1NC(=O)C1(N)CCOC1. The molecule has 0 bridgehead atoms. The number of carbonyl (C=O) groups is 1. The molecule has 1 aliphatic heterocycles. The Labute approximate surface area is 109 Å². The average Bonchev–Trinajstić information content (AvgIpc) is 2.73. The summed E-state index contributed by atoms with van der Waals surface area (Å²) >= 11 is 3.43. The zero-order chi connectivity index (χ0) is 12.5. The Morgan fingerprint density at radius 3 is 3.00 bits per heavy atom. The Bertz CT molecular complexity index is 442. The van der Waals surface area contributed by atoms with E-state index >= 15 is 0 Å². The lowest BCUT2D eigenvalue weighted by atomic mass is 9.99. The second kappa shape index (κ2) is 4.76. The van der Waals surface area contributed by atoms with Gasteiger partial charge in [0.15, 0.2) is 0 Å². The van der Waals surface area contributed by atoms with Gasteiger partial charge >= 0.3 is 0 Å². The summed E-state index contributed by atoms with van der Waals surface area (Å²) in [4.78, 5) is 12.1. The third kappa shape index (κ3) is 2.51. The van der Waals surface area contributed by atoms with Crippen LogP contribution in [0, 0.1) is 6.92 Å². The van der Waals surface area contributed by atoms with Crippen LogP contribution in [-0.2, 0) is 9.53 Å². The van der Waals surface area contributed by atoms with Gasteiger partial charge in [0.05, 0.1) is 6.61 Å². The van der Waals surface area contributed by atoms with Crippen LogP contribution in [0.2, 0.25) is 0 Å². The summed E-state index contributed by atoms with van der Waals surface area (Å²) < 4.78 is 6.14. The second-order valence-corrected chi connectivity index (χ2v) is 5.18. The number of hydrogen-bond donors (Lipinski definition) is 2. The van der Waals surface area contributed by atoms with Gasteiger partial charge in [0.25, 0.3) is 0 Å². The first kappa shape index (κ1) is 12.5. The van der Waals surface area contributed by atoms with E-state index in [1.807, 2.05) is 25.1 Å². The Balaban J connectivity index is 2.16. The smallest absolute Gasteiger partial charge is 0.246 e. The van der Waals surface area contributed by atoms with Crippen molar-refractivity contribution in [3.63, 3.8) is 0 Å². The fourth-order valence-corrected chi connectivity index (χ4v) is 2.12. The van der Waals surface area contributed by atoms with Crippen LogP contribution in [0.15, 0.2) is 22.7 Å². The van der Waals surface area contributed by atoms with Crippen LogP contribution in [-0.4, -0.2) is 24.7 Å². The quantitative estimate of drug-likeness (QED) is 0.875. The molecule has 1 atom stereocenters.